The Morgan fingerprint density at radius 3 is 2.45 bits per heavy atom. The van der Waals surface area contributed by atoms with Gasteiger partial charge < -0.3 is 26.6 Å². The molecule has 0 aromatic heterocycles. The molecule has 2 rings (SSSR count). The van der Waals surface area contributed by atoms with Crippen molar-refractivity contribution in [2.45, 2.75) is 83.3 Å². The van der Waals surface area contributed by atoms with E-state index in [1.54, 1.807) is 4.90 Å². The highest BCUT2D eigenvalue weighted by Crippen LogP contribution is 2.19. The van der Waals surface area contributed by atoms with Crippen molar-refractivity contribution in [2.24, 2.45) is 11.7 Å². The zero-order chi connectivity index (χ0) is 23.0. The number of hydrogen-bond acceptors (Lipinski definition) is 5. The minimum Gasteiger partial charge on any atom is -0.368 e. The Kier molecular flexibility index (Phi) is 9.26. The number of fused-ring (bicyclic) bond motifs is 1. The molecule has 10 nitrogen and oxygen atoms in total. The summed E-state index contributed by atoms with van der Waals surface area (Å²) in [6, 6.07) is -2.35. The third-order valence-electron chi connectivity index (χ3n) is 5.67. The van der Waals surface area contributed by atoms with E-state index in [2.05, 4.69) is 16.0 Å². The quantitative estimate of drug-likeness (QED) is 0.472. The van der Waals surface area contributed by atoms with Crippen molar-refractivity contribution in [2.75, 3.05) is 13.1 Å². The molecule has 2 saturated heterocycles. The summed E-state index contributed by atoms with van der Waals surface area (Å²) in [6.45, 7) is 4.77. The maximum atomic E-state index is 12.8. The number of amides is 5. The van der Waals surface area contributed by atoms with Gasteiger partial charge in [-0.2, -0.15) is 0 Å². The summed E-state index contributed by atoms with van der Waals surface area (Å²) < 4.78 is 0. The van der Waals surface area contributed by atoms with Gasteiger partial charge >= 0.3 is 0 Å². The highest BCUT2D eigenvalue weighted by Gasteiger charge is 2.34. The first-order valence-electron chi connectivity index (χ1n) is 11.1. The van der Waals surface area contributed by atoms with Gasteiger partial charge in [0, 0.05) is 25.9 Å². The smallest absolute Gasteiger partial charge is 0.243 e. The predicted molar refractivity (Wildman–Crippen MR) is 113 cm³/mol. The van der Waals surface area contributed by atoms with Crippen molar-refractivity contribution in [1.29, 1.82) is 0 Å². The van der Waals surface area contributed by atoms with Crippen LogP contribution in [0.1, 0.15) is 65.2 Å². The molecule has 5 N–H and O–H groups in total. The fourth-order valence-corrected chi connectivity index (χ4v) is 4.02. The summed E-state index contributed by atoms with van der Waals surface area (Å²) in [5.74, 6) is -1.79. The number of nitrogens with zero attached hydrogens (tertiary/aromatic N) is 1. The first kappa shape index (κ1) is 24.6. The van der Waals surface area contributed by atoms with Crippen LogP contribution in [0.4, 0.5) is 0 Å². The Morgan fingerprint density at radius 2 is 1.77 bits per heavy atom. The van der Waals surface area contributed by atoms with Crippen LogP contribution in [0.5, 0.6) is 0 Å². The Bertz CT molecular complexity index is 696. The number of rotatable bonds is 3. The highest BCUT2D eigenvalue weighted by atomic mass is 16.2. The summed E-state index contributed by atoms with van der Waals surface area (Å²) in [5, 5.41) is 8.18. The molecule has 2 fully saturated rings. The predicted octanol–water partition coefficient (Wildman–Crippen LogP) is -0.441. The van der Waals surface area contributed by atoms with Crippen molar-refractivity contribution in [3.63, 3.8) is 0 Å². The normalized spacial score (nSPS) is 27.2. The lowest BCUT2D eigenvalue weighted by molar-refractivity contribution is -0.139. The molecule has 0 aromatic rings. The largest absolute Gasteiger partial charge is 0.368 e. The van der Waals surface area contributed by atoms with Crippen molar-refractivity contribution < 1.29 is 24.0 Å². The molecule has 3 atom stereocenters. The third kappa shape index (κ3) is 7.52. The van der Waals surface area contributed by atoms with E-state index in [0.29, 0.717) is 38.8 Å². The van der Waals surface area contributed by atoms with Gasteiger partial charge in [0.15, 0.2) is 0 Å². The van der Waals surface area contributed by atoms with Crippen LogP contribution in [0.2, 0.25) is 0 Å². The first-order valence-corrected chi connectivity index (χ1v) is 11.1. The van der Waals surface area contributed by atoms with Crippen molar-refractivity contribution in [3.05, 3.63) is 0 Å². The molecule has 2 aliphatic rings. The molecular formula is C21H35N5O5. The molecule has 10 heteroatoms. The standard InChI is InChI=1S/C21H35N5O5/c1-13(2)12-15-20(30)25-14(19(22)29)8-9-18(28)26-11-5-6-16(26)21(31)23-10-4-3-7-17(27)24-15/h13-16H,3-12H2,1-2H3,(H2,22,29)(H,23,31)(H,24,27)(H,25,30)/t14-,15-,16+/m0/s1. The van der Waals surface area contributed by atoms with Crippen LogP contribution < -0.4 is 21.7 Å². The third-order valence-corrected chi connectivity index (χ3v) is 5.67. The van der Waals surface area contributed by atoms with E-state index in [1.165, 1.54) is 0 Å². The monoisotopic (exact) mass is 437 g/mol. The molecule has 174 valence electrons. The molecule has 2 aliphatic heterocycles. The number of carbonyl (C=O) groups is 5. The van der Waals surface area contributed by atoms with Crippen LogP contribution in [-0.4, -0.2) is 65.7 Å². The SMILES string of the molecule is CC(C)C[C@@H]1NC(=O)CCCCNC(=O)[C@H]2CCCN2C(=O)CC[C@@H](C(N)=O)NC1=O. The zero-order valence-corrected chi connectivity index (χ0v) is 18.4. The Morgan fingerprint density at radius 1 is 1.03 bits per heavy atom. The van der Waals surface area contributed by atoms with E-state index in [0.717, 1.165) is 6.42 Å². The lowest BCUT2D eigenvalue weighted by Crippen LogP contribution is -2.53. The van der Waals surface area contributed by atoms with Crippen LogP contribution in [0.15, 0.2) is 0 Å². The van der Waals surface area contributed by atoms with Gasteiger partial charge in [-0.05, 0) is 44.4 Å². The van der Waals surface area contributed by atoms with E-state index in [4.69, 9.17) is 5.73 Å². The molecule has 0 spiro atoms. The summed E-state index contributed by atoms with van der Waals surface area (Å²) >= 11 is 0. The van der Waals surface area contributed by atoms with E-state index in [1.807, 2.05) is 13.8 Å². The lowest BCUT2D eigenvalue weighted by Gasteiger charge is -2.25. The van der Waals surface area contributed by atoms with Gasteiger partial charge in [0.1, 0.15) is 18.1 Å². The van der Waals surface area contributed by atoms with Crippen LogP contribution in [0.25, 0.3) is 0 Å². The lowest BCUT2D eigenvalue weighted by atomic mass is 10.0. The minimum atomic E-state index is -1.03. The maximum absolute atomic E-state index is 12.8. The van der Waals surface area contributed by atoms with E-state index < -0.39 is 29.9 Å². The van der Waals surface area contributed by atoms with Gasteiger partial charge in [0.2, 0.25) is 29.5 Å². The zero-order valence-electron chi connectivity index (χ0n) is 18.4. The Labute approximate surface area is 183 Å². The number of nitrogens with one attached hydrogen (secondary N) is 3. The van der Waals surface area contributed by atoms with Crippen molar-refractivity contribution in [3.8, 4) is 0 Å². The second-order valence-corrected chi connectivity index (χ2v) is 8.75. The second kappa shape index (κ2) is 11.7. The van der Waals surface area contributed by atoms with Gasteiger partial charge in [-0.15, -0.1) is 0 Å². The summed E-state index contributed by atoms with van der Waals surface area (Å²) in [6.07, 6.45) is 3.15. The molecule has 5 amide bonds. The van der Waals surface area contributed by atoms with Crippen LogP contribution in [-0.2, 0) is 24.0 Å². The molecule has 31 heavy (non-hydrogen) atoms. The van der Waals surface area contributed by atoms with Gasteiger partial charge in [-0.3, -0.25) is 24.0 Å². The average molecular weight is 438 g/mol. The van der Waals surface area contributed by atoms with Crippen LogP contribution >= 0.6 is 0 Å². The molecule has 2 heterocycles. The molecule has 0 saturated carbocycles. The first-order chi connectivity index (χ1) is 14.7. The number of hydrogen-bond donors (Lipinski definition) is 4. The molecule has 0 aromatic carbocycles. The number of nitrogens with two attached hydrogens (primary N) is 1. The van der Waals surface area contributed by atoms with E-state index >= 15 is 0 Å². The Balaban J connectivity index is 2.17. The van der Waals surface area contributed by atoms with Crippen LogP contribution in [0.3, 0.4) is 0 Å². The summed E-state index contributed by atoms with van der Waals surface area (Å²) in [5.41, 5.74) is 5.45. The number of primary amides is 1. The summed E-state index contributed by atoms with van der Waals surface area (Å²) in [7, 11) is 0. The topological polar surface area (TPSA) is 151 Å². The van der Waals surface area contributed by atoms with E-state index in [9.17, 15) is 24.0 Å². The fraction of sp³-hybridized carbons (Fsp3) is 0.762. The van der Waals surface area contributed by atoms with Gasteiger partial charge in [0.05, 0.1) is 0 Å². The molecule has 0 radical (unpaired) electrons. The number of carbonyl (C=O) groups excluding carboxylic acids is 5. The van der Waals surface area contributed by atoms with Gasteiger partial charge in [-0.1, -0.05) is 13.8 Å². The highest BCUT2D eigenvalue weighted by molar-refractivity contribution is 5.92. The van der Waals surface area contributed by atoms with Crippen LogP contribution in [0, 0.1) is 5.92 Å². The van der Waals surface area contributed by atoms with E-state index in [-0.39, 0.29) is 42.9 Å². The Hall–Kier alpha value is -2.65. The van der Waals surface area contributed by atoms with Gasteiger partial charge in [0.25, 0.3) is 0 Å². The molecule has 0 aliphatic carbocycles. The molecular weight excluding hydrogens is 402 g/mol. The van der Waals surface area contributed by atoms with Crippen molar-refractivity contribution >= 4 is 29.5 Å². The fourth-order valence-electron chi connectivity index (χ4n) is 4.02. The molecule has 0 bridgehead atoms. The van der Waals surface area contributed by atoms with Gasteiger partial charge in [-0.25, -0.2) is 0 Å². The second-order valence-electron chi connectivity index (χ2n) is 8.75. The minimum absolute atomic E-state index is 0.0150. The van der Waals surface area contributed by atoms with Crippen molar-refractivity contribution in [1.82, 2.24) is 20.9 Å². The molecule has 0 unspecified atom stereocenters. The summed E-state index contributed by atoms with van der Waals surface area (Å²) in [4.78, 5) is 63.8. The average Bonchev–Trinajstić information content (AvgIpc) is 3.18. The maximum Gasteiger partial charge on any atom is 0.243 e.